The zero-order valence-corrected chi connectivity index (χ0v) is 20.5. The van der Waals surface area contributed by atoms with Gasteiger partial charge in [-0.15, -0.1) is 0 Å². The fourth-order valence-electron chi connectivity index (χ4n) is 3.99. The number of imidazole rings is 1. The Kier molecular flexibility index (Phi) is 6.68. The predicted molar refractivity (Wildman–Crippen MR) is 142 cm³/mol. The first kappa shape index (κ1) is 24.4. The van der Waals surface area contributed by atoms with E-state index in [-0.39, 0.29) is 17.6 Å². The van der Waals surface area contributed by atoms with Crippen LogP contribution in [0.4, 0.5) is 21.6 Å². The molecule has 0 saturated carbocycles. The van der Waals surface area contributed by atoms with Gasteiger partial charge in [-0.3, -0.25) is 9.59 Å². The minimum Gasteiger partial charge on any atom is -0.494 e. The molecule has 3 N–H and O–H groups in total. The number of nitrogens with one attached hydrogen (secondary N) is 3. The summed E-state index contributed by atoms with van der Waals surface area (Å²) in [7, 11) is 2.93. The van der Waals surface area contributed by atoms with Crippen molar-refractivity contribution < 1.29 is 18.7 Å². The van der Waals surface area contributed by atoms with E-state index in [4.69, 9.17) is 9.72 Å². The monoisotopic (exact) mass is 510 g/mol. The molecule has 0 atom stereocenters. The van der Waals surface area contributed by atoms with Crippen molar-refractivity contribution in [1.29, 1.82) is 0 Å². The number of carbonyl (C=O) groups excluding carboxylic acids is 2. The molecule has 9 nitrogen and oxygen atoms in total. The van der Waals surface area contributed by atoms with Crippen LogP contribution in [0.1, 0.15) is 20.7 Å². The van der Waals surface area contributed by atoms with E-state index < -0.39 is 5.82 Å². The zero-order chi connectivity index (χ0) is 26.6. The Balaban J connectivity index is 1.58. The van der Waals surface area contributed by atoms with Crippen molar-refractivity contribution >= 4 is 34.7 Å². The Morgan fingerprint density at radius 1 is 0.974 bits per heavy atom. The quantitative estimate of drug-likeness (QED) is 0.287. The van der Waals surface area contributed by atoms with Gasteiger partial charge in [0.1, 0.15) is 0 Å². The molecule has 2 amide bonds. The molecule has 5 rings (SSSR count). The van der Waals surface area contributed by atoms with Crippen molar-refractivity contribution in [2.24, 2.45) is 0 Å². The van der Waals surface area contributed by atoms with Crippen LogP contribution in [0.5, 0.6) is 5.75 Å². The van der Waals surface area contributed by atoms with E-state index >= 15 is 0 Å². The molecule has 0 aliphatic carbocycles. The van der Waals surface area contributed by atoms with Gasteiger partial charge in [0.2, 0.25) is 0 Å². The largest absolute Gasteiger partial charge is 0.494 e. The van der Waals surface area contributed by atoms with E-state index in [1.165, 1.54) is 26.3 Å². The van der Waals surface area contributed by atoms with Crippen LogP contribution in [0.3, 0.4) is 0 Å². The Bertz CT molecular complexity index is 1650. The number of rotatable bonds is 7. The fourth-order valence-corrected chi connectivity index (χ4v) is 3.99. The highest BCUT2D eigenvalue weighted by molar-refractivity contribution is 6.06. The van der Waals surface area contributed by atoms with Crippen molar-refractivity contribution in [2.75, 3.05) is 24.8 Å². The van der Waals surface area contributed by atoms with Crippen molar-refractivity contribution in [3.63, 3.8) is 0 Å². The van der Waals surface area contributed by atoms with Crippen LogP contribution in [0.15, 0.2) is 85.3 Å². The number of fused-ring (bicyclic) bond motifs is 1. The number of hydrogen-bond acceptors (Lipinski definition) is 6. The van der Waals surface area contributed by atoms with Gasteiger partial charge < -0.3 is 25.1 Å². The molecule has 0 bridgehead atoms. The second kappa shape index (κ2) is 10.4. The lowest BCUT2D eigenvalue weighted by atomic mass is 10.0. The average Bonchev–Trinajstić information content (AvgIpc) is 3.42. The maximum Gasteiger partial charge on any atom is 0.255 e. The number of anilines is 3. The SMILES string of the molecule is CNC(=O)c1ccc(NC(=O)c2ccccc2)cc1-c1cn2ccnc2c(Nc2ccc(OC)c(F)c2)n1. The molecule has 0 aliphatic heterocycles. The summed E-state index contributed by atoms with van der Waals surface area (Å²) in [6.45, 7) is 0. The van der Waals surface area contributed by atoms with Crippen LogP contribution >= 0.6 is 0 Å². The maximum atomic E-state index is 14.3. The van der Waals surface area contributed by atoms with Gasteiger partial charge in [-0.2, -0.15) is 0 Å². The Morgan fingerprint density at radius 2 is 1.76 bits per heavy atom. The number of methoxy groups -OCH3 is 1. The minimum atomic E-state index is -0.531. The molecule has 5 aromatic rings. The first-order chi connectivity index (χ1) is 18.5. The Hall–Kier alpha value is -5.25. The average molecular weight is 511 g/mol. The normalized spacial score (nSPS) is 10.7. The highest BCUT2D eigenvalue weighted by atomic mass is 19.1. The molecule has 0 radical (unpaired) electrons. The number of amides is 2. The summed E-state index contributed by atoms with van der Waals surface area (Å²) in [6, 6.07) is 18.2. The highest BCUT2D eigenvalue weighted by Gasteiger charge is 2.18. The van der Waals surface area contributed by atoms with Crippen LogP contribution in [0, 0.1) is 5.82 Å². The zero-order valence-electron chi connectivity index (χ0n) is 20.5. The predicted octanol–water partition coefficient (Wildman–Crippen LogP) is 4.90. The van der Waals surface area contributed by atoms with E-state index in [1.54, 1.807) is 71.5 Å². The van der Waals surface area contributed by atoms with Gasteiger partial charge in [0, 0.05) is 59.8 Å². The molecule has 0 spiro atoms. The van der Waals surface area contributed by atoms with Gasteiger partial charge in [-0.1, -0.05) is 18.2 Å². The van der Waals surface area contributed by atoms with Crippen molar-refractivity contribution in [2.45, 2.75) is 0 Å². The molecule has 0 saturated heterocycles. The smallest absolute Gasteiger partial charge is 0.255 e. The Morgan fingerprint density at radius 3 is 2.50 bits per heavy atom. The molecule has 3 aromatic carbocycles. The van der Waals surface area contributed by atoms with E-state index in [0.29, 0.717) is 45.2 Å². The molecule has 2 aromatic heterocycles. The molecule has 10 heteroatoms. The molecule has 38 heavy (non-hydrogen) atoms. The number of nitrogens with zero attached hydrogens (tertiary/aromatic N) is 3. The summed E-state index contributed by atoms with van der Waals surface area (Å²) in [4.78, 5) is 34.6. The van der Waals surface area contributed by atoms with Crippen molar-refractivity contribution in [1.82, 2.24) is 19.7 Å². The van der Waals surface area contributed by atoms with Crippen LogP contribution in [0.2, 0.25) is 0 Å². The number of benzene rings is 3. The van der Waals surface area contributed by atoms with E-state index in [2.05, 4.69) is 20.9 Å². The molecular weight excluding hydrogens is 487 g/mol. The fraction of sp³-hybridized carbons (Fsp3) is 0.0714. The standard InChI is InChI=1S/C28H23FN6O3/c1-30-28(37)20-10-8-18(33-27(36)17-6-4-3-5-7-17)14-21(20)23-16-35-13-12-31-26(35)25(34-23)32-19-9-11-24(38-2)22(29)15-19/h3-16H,1-2H3,(H,30,37)(H,32,34)(H,33,36). The van der Waals surface area contributed by atoms with Gasteiger partial charge >= 0.3 is 0 Å². The van der Waals surface area contributed by atoms with E-state index in [9.17, 15) is 14.0 Å². The minimum absolute atomic E-state index is 0.118. The molecule has 0 unspecified atom stereocenters. The lowest BCUT2D eigenvalue weighted by molar-refractivity contribution is 0.0963. The summed E-state index contributed by atoms with van der Waals surface area (Å²) < 4.78 is 21.1. The van der Waals surface area contributed by atoms with Crippen LogP contribution in [0.25, 0.3) is 16.9 Å². The first-order valence-electron chi connectivity index (χ1n) is 11.6. The number of aromatic nitrogens is 3. The third-order valence-corrected chi connectivity index (χ3v) is 5.85. The maximum absolute atomic E-state index is 14.3. The van der Waals surface area contributed by atoms with Gasteiger partial charge in [0.05, 0.1) is 12.8 Å². The lowest BCUT2D eigenvalue weighted by Gasteiger charge is -2.14. The number of ether oxygens (including phenoxy) is 1. The summed E-state index contributed by atoms with van der Waals surface area (Å²) in [6.07, 6.45) is 5.07. The third kappa shape index (κ3) is 4.87. The second-order valence-corrected chi connectivity index (χ2v) is 8.27. The molecule has 0 fully saturated rings. The van der Waals surface area contributed by atoms with Gasteiger partial charge in [0.25, 0.3) is 11.8 Å². The van der Waals surface area contributed by atoms with Crippen LogP contribution in [-0.4, -0.2) is 40.3 Å². The lowest BCUT2D eigenvalue weighted by Crippen LogP contribution is -2.19. The number of carbonyl (C=O) groups is 2. The van der Waals surface area contributed by atoms with Crippen molar-refractivity contribution in [3.8, 4) is 17.0 Å². The topological polar surface area (TPSA) is 110 Å². The summed E-state index contributed by atoms with van der Waals surface area (Å²) in [5, 5.41) is 8.61. The Labute approximate surface area is 217 Å². The second-order valence-electron chi connectivity index (χ2n) is 8.27. The van der Waals surface area contributed by atoms with Crippen LogP contribution < -0.4 is 20.7 Å². The van der Waals surface area contributed by atoms with Gasteiger partial charge in [-0.25, -0.2) is 14.4 Å². The highest BCUT2D eigenvalue weighted by Crippen LogP contribution is 2.30. The molecule has 2 heterocycles. The first-order valence-corrected chi connectivity index (χ1v) is 11.6. The van der Waals surface area contributed by atoms with Gasteiger partial charge in [0.15, 0.2) is 23.0 Å². The van der Waals surface area contributed by atoms with Crippen LogP contribution in [-0.2, 0) is 0 Å². The summed E-state index contributed by atoms with van der Waals surface area (Å²) in [5.41, 5.74) is 3.20. The van der Waals surface area contributed by atoms with E-state index in [0.717, 1.165) is 0 Å². The van der Waals surface area contributed by atoms with E-state index in [1.807, 2.05) is 6.07 Å². The molecule has 0 aliphatic rings. The molecule has 190 valence electrons. The van der Waals surface area contributed by atoms with Crippen molar-refractivity contribution in [3.05, 3.63) is 102 Å². The summed E-state index contributed by atoms with van der Waals surface area (Å²) in [5.74, 6) is -0.672. The summed E-state index contributed by atoms with van der Waals surface area (Å²) >= 11 is 0. The number of hydrogen-bond donors (Lipinski definition) is 3. The van der Waals surface area contributed by atoms with Gasteiger partial charge in [-0.05, 0) is 42.5 Å². The molecular formula is C28H23FN6O3. The number of halogens is 1. The third-order valence-electron chi connectivity index (χ3n) is 5.85.